The predicted octanol–water partition coefficient (Wildman–Crippen LogP) is 3.41. The summed E-state index contributed by atoms with van der Waals surface area (Å²) < 4.78 is 33.1. The van der Waals surface area contributed by atoms with Crippen molar-refractivity contribution in [2.24, 2.45) is 0 Å². The van der Waals surface area contributed by atoms with E-state index >= 15 is 0 Å². The third-order valence-electron chi connectivity index (χ3n) is 2.60. The van der Waals surface area contributed by atoms with Gasteiger partial charge in [0.15, 0.2) is 11.6 Å². The molecule has 0 unspecified atom stereocenters. The molecule has 112 valence electrons. The molecule has 1 aromatic heterocycles. The van der Waals surface area contributed by atoms with Crippen molar-refractivity contribution in [2.75, 3.05) is 19.0 Å². The van der Waals surface area contributed by atoms with Gasteiger partial charge >= 0.3 is 6.01 Å². The molecule has 8 heteroatoms. The molecule has 0 aliphatic carbocycles. The van der Waals surface area contributed by atoms with Crippen LogP contribution in [0.5, 0.6) is 6.01 Å². The van der Waals surface area contributed by atoms with E-state index in [2.05, 4.69) is 36.2 Å². The molecule has 0 aliphatic rings. The minimum absolute atomic E-state index is 0.0163. The topological polar surface area (TPSA) is 59.9 Å². The van der Waals surface area contributed by atoms with Gasteiger partial charge in [-0.3, -0.25) is 0 Å². The van der Waals surface area contributed by atoms with Crippen LogP contribution in [0.25, 0.3) is 11.4 Å². The third-order valence-corrected chi connectivity index (χ3v) is 3.21. The highest BCUT2D eigenvalue weighted by Gasteiger charge is 2.19. The summed E-state index contributed by atoms with van der Waals surface area (Å²) in [5, 5.41) is 2.93. The van der Waals surface area contributed by atoms with Crippen molar-refractivity contribution in [3.8, 4) is 17.4 Å². The van der Waals surface area contributed by atoms with Gasteiger partial charge < -0.3 is 10.1 Å². The fourth-order valence-electron chi connectivity index (χ4n) is 1.61. The standard InChI is InChI=1S/C13H13BrF2N4O/c1-3-6-17-12-18-11(19-13(20-12)21-2)9-8(15)5-4-7(14)10(9)16/h4-5H,3,6H2,1-2H3,(H,17,18,19,20). The predicted molar refractivity (Wildman–Crippen MR) is 78.2 cm³/mol. The maximum Gasteiger partial charge on any atom is 0.321 e. The highest BCUT2D eigenvalue weighted by molar-refractivity contribution is 9.10. The SMILES string of the molecule is CCCNc1nc(OC)nc(-c2c(F)ccc(Br)c2F)n1. The van der Waals surface area contributed by atoms with Crippen LogP contribution < -0.4 is 10.1 Å². The lowest BCUT2D eigenvalue weighted by molar-refractivity contribution is 0.379. The number of nitrogens with one attached hydrogen (secondary N) is 1. The Kier molecular flexibility index (Phi) is 5.00. The van der Waals surface area contributed by atoms with Crippen molar-refractivity contribution in [2.45, 2.75) is 13.3 Å². The Morgan fingerprint density at radius 3 is 2.67 bits per heavy atom. The van der Waals surface area contributed by atoms with Crippen molar-refractivity contribution in [3.05, 3.63) is 28.2 Å². The van der Waals surface area contributed by atoms with Crippen LogP contribution in [0.4, 0.5) is 14.7 Å². The van der Waals surface area contributed by atoms with E-state index < -0.39 is 11.6 Å². The monoisotopic (exact) mass is 358 g/mol. The fourth-order valence-corrected chi connectivity index (χ4v) is 1.94. The van der Waals surface area contributed by atoms with Crippen LogP contribution in [0, 0.1) is 11.6 Å². The number of rotatable bonds is 5. The van der Waals surface area contributed by atoms with E-state index in [1.807, 2.05) is 6.92 Å². The van der Waals surface area contributed by atoms with Crippen LogP contribution in [0.2, 0.25) is 0 Å². The zero-order chi connectivity index (χ0) is 15.4. The first-order valence-electron chi connectivity index (χ1n) is 6.24. The summed E-state index contributed by atoms with van der Waals surface area (Å²) in [6, 6.07) is 2.40. The number of methoxy groups -OCH3 is 1. The summed E-state index contributed by atoms with van der Waals surface area (Å²) in [6.07, 6.45) is 0.850. The second-order valence-electron chi connectivity index (χ2n) is 4.11. The van der Waals surface area contributed by atoms with Gasteiger partial charge in [-0.25, -0.2) is 8.78 Å². The molecule has 1 heterocycles. The highest BCUT2D eigenvalue weighted by Crippen LogP contribution is 2.29. The minimum Gasteiger partial charge on any atom is -0.467 e. The van der Waals surface area contributed by atoms with Gasteiger partial charge in [-0.1, -0.05) is 6.92 Å². The molecule has 21 heavy (non-hydrogen) atoms. The van der Waals surface area contributed by atoms with Gasteiger partial charge in [0.25, 0.3) is 0 Å². The molecule has 2 aromatic rings. The Labute approximate surface area is 128 Å². The summed E-state index contributed by atoms with van der Waals surface area (Å²) in [6.45, 7) is 2.59. The summed E-state index contributed by atoms with van der Waals surface area (Å²) in [4.78, 5) is 11.9. The summed E-state index contributed by atoms with van der Waals surface area (Å²) in [5.74, 6) is -1.45. The molecule has 1 aromatic carbocycles. The molecule has 1 N–H and O–H groups in total. The average Bonchev–Trinajstić information content (AvgIpc) is 2.49. The minimum atomic E-state index is -0.773. The summed E-state index contributed by atoms with van der Waals surface area (Å²) in [5.41, 5.74) is -0.329. The second kappa shape index (κ2) is 6.75. The number of benzene rings is 1. The average molecular weight is 359 g/mol. The van der Waals surface area contributed by atoms with Crippen molar-refractivity contribution in [1.29, 1.82) is 0 Å². The van der Waals surface area contributed by atoms with E-state index in [1.54, 1.807) is 0 Å². The summed E-state index contributed by atoms with van der Waals surface area (Å²) in [7, 11) is 1.37. The second-order valence-corrected chi connectivity index (χ2v) is 4.97. The number of aromatic nitrogens is 3. The van der Waals surface area contributed by atoms with Crippen molar-refractivity contribution in [1.82, 2.24) is 15.0 Å². The lowest BCUT2D eigenvalue weighted by Gasteiger charge is -2.09. The molecule has 0 aliphatic heterocycles. The zero-order valence-electron chi connectivity index (χ0n) is 11.5. The van der Waals surface area contributed by atoms with Gasteiger partial charge in [-0.15, -0.1) is 0 Å². The molecule has 0 saturated carbocycles. The maximum atomic E-state index is 14.1. The van der Waals surface area contributed by atoms with Crippen LogP contribution in [0.3, 0.4) is 0 Å². The van der Waals surface area contributed by atoms with E-state index in [9.17, 15) is 8.78 Å². The molecular weight excluding hydrogens is 346 g/mol. The molecule has 0 atom stereocenters. The zero-order valence-corrected chi connectivity index (χ0v) is 13.0. The molecule has 2 rings (SSSR count). The van der Waals surface area contributed by atoms with Crippen molar-refractivity contribution in [3.63, 3.8) is 0 Å². The number of hydrogen-bond donors (Lipinski definition) is 1. The number of halogens is 3. The van der Waals surface area contributed by atoms with Crippen LogP contribution in [0.15, 0.2) is 16.6 Å². The van der Waals surface area contributed by atoms with E-state index in [0.717, 1.165) is 12.5 Å². The third kappa shape index (κ3) is 3.44. The molecule has 0 spiro atoms. The van der Waals surface area contributed by atoms with Gasteiger partial charge in [0, 0.05) is 6.54 Å². The van der Waals surface area contributed by atoms with Gasteiger partial charge in [0.2, 0.25) is 5.95 Å². The van der Waals surface area contributed by atoms with Crippen LogP contribution in [-0.4, -0.2) is 28.6 Å². The van der Waals surface area contributed by atoms with E-state index in [0.29, 0.717) is 6.54 Å². The molecule has 5 nitrogen and oxygen atoms in total. The first-order chi connectivity index (χ1) is 10.1. The number of anilines is 1. The quantitative estimate of drug-likeness (QED) is 0.830. The van der Waals surface area contributed by atoms with Gasteiger partial charge in [-0.2, -0.15) is 15.0 Å². The number of hydrogen-bond acceptors (Lipinski definition) is 5. The van der Waals surface area contributed by atoms with Crippen LogP contribution in [0.1, 0.15) is 13.3 Å². The normalized spacial score (nSPS) is 10.5. The lowest BCUT2D eigenvalue weighted by Crippen LogP contribution is -2.08. The van der Waals surface area contributed by atoms with Gasteiger partial charge in [-0.05, 0) is 34.5 Å². The molecular formula is C13H13BrF2N4O. The molecule has 0 saturated heterocycles. The molecule has 0 bridgehead atoms. The van der Waals surface area contributed by atoms with E-state index in [1.165, 1.54) is 13.2 Å². The van der Waals surface area contributed by atoms with Crippen molar-refractivity contribution < 1.29 is 13.5 Å². The number of ether oxygens (including phenoxy) is 1. The summed E-state index contributed by atoms with van der Waals surface area (Å²) >= 11 is 3.01. The Balaban J connectivity index is 2.55. The van der Waals surface area contributed by atoms with Gasteiger partial charge in [0.1, 0.15) is 5.82 Å². The first kappa shape index (κ1) is 15.6. The number of nitrogens with zero attached hydrogens (tertiary/aromatic N) is 3. The first-order valence-corrected chi connectivity index (χ1v) is 7.04. The molecule has 0 amide bonds. The highest BCUT2D eigenvalue weighted by atomic mass is 79.9. The maximum absolute atomic E-state index is 14.1. The Morgan fingerprint density at radius 1 is 1.24 bits per heavy atom. The van der Waals surface area contributed by atoms with Crippen LogP contribution >= 0.6 is 15.9 Å². The molecule has 0 fully saturated rings. The Morgan fingerprint density at radius 2 is 2.00 bits per heavy atom. The lowest BCUT2D eigenvalue weighted by atomic mass is 10.2. The van der Waals surface area contributed by atoms with Gasteiger partial charge in [0.05, 0.1) is 17.1 Å². The van der Waals surface area contributed by atoms with Crippen LogP contribution in [-0.2, 0) is 0 Å². The molecule has 0 radical (unpaired) electrons. The smallest absolute Gasteiger partial charge is 0.321 e. The fraction of sp³-hybridized carbons (Fsp3) is 0.308. The largest absolute Gasteiger partial charge is 0.467 e. The van der Waals surface area contributed by atoms with E-state index in [4.69, 9.17) is 4.74 Å². The van der Waals surface area contributed by atoms with E-state index in [-0.39, 0.29) is 27.8 Å². The van der Waals surface area contributed by atoms with Crippen molar-refractivity contribution >= 4 is 21.9 Å². The Bertz CT molecular complexity index is 654. The Hall–Kier alpha value is -1.83.